The van der Waals surface area contributed by atoms with Crippen molar-refractivity contribution in [3.05, 3.63) is 44.3 Å². The lowest BCUT2D eigenvalue weighted by molar-refractivity contribution is -0.385. The number of benzene rings is 1. The van der Waals surface area contributed by atoms with E-state index >= 15 is 0 Å². The van der Waals surface area contributed by atoms with Gasteiger partial charge in [-0.05, 0) is 17.7 Å². The highest BCUT2D eigenvalue weighted by molar-refractivity contribution is 6.00. The van der Waals surface area contributed by atoms with E-state index in [1.807, 2.05) is 5.32 Å². The molecule has 13 nitrogen and oxygen atoms in total. The highest BCUT2D eigenvalue weighted by Crippen LogP contribution is 2.24. The minimum atomic E-state index is -2.00. The van der Waals surface area contributed by atoms with Gasteiger partial charge in [-0.2, -0.15) is 0 Å². The molecule has 140 valence electrons. The summed E-state index contributed by atoms with van der Waals surface area (Å²) in [5.41, 5.74) is 7.07. The average Bonchev–Trinajstić information content (AvgIpc) is 2.63. The van der Waals surface area contributed by atoms with Gasteiger partial charge in [-0.3, -0.25) is 14.9 Å². The second-order valence-corrected chi connectivity index (χ2v) is 5.01. The first-order valence-electron chi connectivity index (χ1n) is 7.01. The molecule has 1 aromatic carbocycles. The molecule has 1 amide bonds. The predicted octanol–water partition coefficient (Wildman–Crippen LogP) is -1.09. The molecule has 13 heteroatoms. The molecule has 26 heavy (non-hydrogen) atoms. The monoisotopic (exact) mass is 369 g/mol. The van der Waals surface area contributed by atoms with Crippen molar-refractivity contribution >= 4 is 23.6 Å². The maximum Gasteiger partial charge on any atom is 0.282 e. The van der Waals surface area contributed by atoms with Crippen molar-refractivity contribution in [2.24, 2.45) is 5.11 Å². The number of azide groups is 1. The minimum Gasteiger partial charge on any atom is -0.394 e. The number of nitrogens with one attached hydrogen (secondary N) is 1. The first kappa shape index (κ1) is 21.0. The van der Waals surface area contributed by atoms with E-state index in [-0.39, 0.29) is 12.0 Å². The van der Waals surface area contributed by atoms with E-state index in [9.17, 15) is 35.0 Å². The Balaban J connectivity index is 3.14. The van der Waals surface area contributed by atoms with Crippen LogP contribution in [-0.2, 0) is 4.79 Å². The molecule has 0 bridgehead atoms. The highest BCUT2D eigenvalue weighted by Gasteiger charge is 2.33. The molecule has 5 N–H and O–H groups in total. The van der Waals surface area contributed by atoms with Crippen LogP contribution in [0, 0.1) is 10.1 Å². The second kappa shape index (κ2) is 9.41. The van der Waals surface area contributed by atoms with Crippen LogP contribution in [0.15, 0.2) is 23.3 Å². The van der Waals surface area contributed by atoms with E-state index in [0.717, 1.165) is 18.2 Å². The van der Waals surface area contributed by atoms with Gasteiger partial charge in [-0.1, -0.05) is 5.11 Å². The number of hydrogen-bond acceptors (Lipinski definition) is 9. The van der Waals surface area contributed by atoms with Gasteiger partial charge in [0, 0.05) is 16.7 Å². The lowest BCUT2D eigenvalue weighted by atomic mass is 10.0. The second-order valence-electron chi connectivity index (χ2n) is 5.01. The van der Waals surface area contributed by atoms with Crippen LogP contribution in [-0.4, -0.2) is 68.5 Å². The van der Waals surface area contributed by atoms with Crippen LogP contribution in [0.25, 0.3) is 10.4 Å². The van der Waals surface area contributed by atoms with Gasteiger partial charge in [0.25, 0.3) is 11.6 Å². The van der Waals surface area contributed by atoms with Gasteiger partial charge in [-0.25, -0.2) is 0 Å². The van der Waals surface area contributed by atoms with Crippen LogP contribution in [0.3, 0.4) is 0 Å². The lowest BCUT2D eigenvalue weighted by Gasteiger charge is -2.26. The summed E-state index contributed by atoms with van der Waals surface area (Å²) < 4.78 is 0. The standard InChI is InChI=1S/C13H15N5O8/c14-17-16-6-1-2-9(18(25)26)7(3-6)13(24)15-8(4-19)11(22)12(23)10(21)5-20/h1-4,8,10-12,20-23H,5H2,(H,15,24)/t8-,10+,11+,12-/m0/s1. The highest BCUT2D eigenvalue weighted by atomic mass is 16.6. The number of rotatable bonds is 9. The quantitative estimate of drug-likeness (QED) is 0.0896. The number of hydrogen-bond donors (Lipinski definition) is 5. The van der Waals surface area contributed by atoms with E-state index in [1.54, 1.807) is 0 Å². The smallest absolute Gasteiger partial charge is 0.282 e. The number of amides is 1. The van der Waals surface area contributed by atoms with Crippen molar-refractivity contribution in [2.75, 3.05) is 6.61 Å². The summed E-state index contributed by atoms with van der Waals surface area (Å²) in [7, 11) is 0. The van der Waals surface area contributed by atoms with Gasteiger partial charge in [0.1, 0.15) is 36.2 Å². The normalized spacial score (nSPS) is 15.1. The van der Waals surface area contributed by atoms with E-state index in [2.05, 4.69) is 10.0 Å². The first-order valence-corrected chi connectivity index (χ1v) is 7.01. The van der Waals surface area contributed by atoms with Crippen molar-refractivity contribution in [1.82, 2.24) is 5.32 Å². The molecule has 4 atom stereocenters. The van der Waals surface area contributed by atoms with Crippen molar-refractivity contribution in [3.8, 4) is 0 Å². The molecule has 0 aromatic heterocycles. The number of carbonyl (C=O) groups excluding carboxylic acids is 2. The van der Waals surface area contributed by atoms with Gasteiger partial charge in [-0.15, -0.1) is 0 Å². The Morgan fingerprint density at radius 1 is 1.38 bits per heavy atom. The molecule has 0 aliphatic rings. The van der Waals surface area contributed by atoms with E-state index < -0.39 is 53.0 Å². The van der Waals surface area contributed by atoms with Gasteiger partial charge < -0.3 is 30.5 Å². The Bertz CT molecular complexity index is 735. The van der Waals surface area contributed by atoms with Crippen molar-refractivity contribution in [2.45, 2.75) is 24.4 Å². The largest absolute Gasteiger partial charge is 0.394 e. The first-order chi connectivity index (χ1) is 12.3. The van der Waals surface area contributed by atoms with Crippen LogP contribution in [0.1, 0.15) is 10.4 Å². The number of aldehydes is 1. The minimum absolute atomic E-state index is 0.0407. The molecule has 0 aliphatic carbocycles. The summed E-state index contributed by atoms with van der Waals surface area (Å²) in [6.07, 6.45) is -5.72. The van der Waals surface area contributed by atoms with E-state index in [4.69, 9.17) is 10.6 Å². The topological polar surface area (TPSA) is 219 Å². The van der Waals surface area contributed by atoms with Crippen LogP contribution in [0.5, 0.6) is 0 Å². The molecule has 0 spiro atoms. The lowest BCUT2D eigenvalue weighted by Crippen LogP contribution is -2.53. The van der Waals surface area contributed by atoms with Gasteiger partial charge in [0.2, 0.25) is 0 Å². The molecule has 0 unspecified atom stereocenters. The number of aliphatic hydroxyl groups is 4. The molecule has 0 heterocycles. The molecule has 0 aliphatic heterocycles. The Labute approximate surface area is 145 Å². The third-order valence-corrected chi connectivity index (χ3v) is 3.33. The zero-order chi connectivity index (χ0) is 19.9. The van der Waals surface area contributed by atoms with Crippen LogP contribution in [0.4, 0.5) is 11.4 Å². The maximum absolute atomic E-state index is 12.2. The number of nitro benzene ring substituents is 1. The summed E-state index contributed by atoms with van der Waals surface area (Å²) in [6.45, 7) is -0.919. The molecule has 1 aromatic rings. The molecule has 0 saturated carbocycles. The maximum atomic E-state index is 12.2. The molecule has 0 radical (unpaired) electrons. The molecular formula is C13H15N5O8. The zero-order valence-electron chi connectivity index (χ0n) is 13.0. The molecule has 0 fully saturated rings. The number of aliphatic hydroxyl groups excluding tert-OH is 4. The Hall–Kier alpha value is -3.09. The third-order valence-electron chi connectivity index (χ3n) is 3.33. The van der Waals surface area contributed by atoms with Crippen molar-refractivity contribution < 1.29 is 34.9 Å². The fraction of sp³-hybridized carbons (Fsp3) is 0.385. The van der Waals surface area contributed by atoms with Gasteiger partial charge >= 0.3 is 0 Å². The summed E-state index contributed by atoms with van der Waals surface area (Å²) >= 11 is 0. The van der Waals surface area contributed by atoms with Gasteiger partial charge in [0.05, 0.1) is 11.5 Å². The average molecular weight is 369 g/mol. The molecular weight excluding hydrogens is 354 g/mol. The van der Waals surface area contributed by atoms with Crippen molar-refractivity contribution in [1.29, 1.82) is 0 Å². The third kappa shape index (κ3) is 4.95. The number of nitro groups is 1. The fourth-order valence-corrected chi connectivity index (χ4v) is 1.96. The number of carbonyl (C=O) groups is 2. The Kier molecular flexibility index (Phi) is 7.58. The summed E-state index contributed by atoms with van der Waals surface area (Å²) in [5.74, 6) is -1.17. The van der Waals surface area contributed by atoms with Crippen LogP contribution >= 0.6 is 0 Å². The SMILES string of the molecule is [N-]=[N+]=Nc1ccc([N+](=O)[O-])c(C(=O)N[C@@H](C=O)[C@@H](O)[C@@H](O)[C@H](O)CO)c1. The van der Waals surface area contributed by atoms with E-state index in [1.165, 1.54) is 0 Å². The van der Waals surface area contributed by atoms with Crippen LogP contribution < -0.4 is 5.32 Å². The van der Waals surface area contributed by atoms with Crippen LogP contribution in [0.2, 0.25) is 0 Å². The molecule has 0 saturated heterocycles. The summed E-state index contributed by atoms with van der Waals surface area (Å²) in [4.78, 5) is 36.0. The summed E-state index contributed by atoms with van der Waals surface area (Å²) in [5, 5.41) is 53.6. The zero-order valence-corrected chi connectivity index (χ0v) is 13.0. The Morgan fingerprint density at radius 2 is 2.04 bits per heavy atom. The van der Waals surface area contributed by atoms with E-state index in [0.29, 0.717) is 0 Å². The molecule has 1 rings (SSSR count). The number of nitrogens with zero attached hydrogens (tertiary/aromatic N) is 4. The predicted molar refractivity (Wildman–Crippen MR) is 84.3 cm³/mol. The van der Waals surface area contributed by atoms with Gasteiger partial charge in [0.15, 0.2) is 0 Å². The summed E-state index contributed by atoms with van der Waals surface area (Å²) in [6, 6.07) is 1.17. The fourth-order valence-electron chi connectivity index (χ4n) is 1.96. The van der Waals surface area contributed by atoms with Crippen molar-refractivity contribution in [3.63, 3.8) is 0 Å². The Morgan fingerprint density at radius 3 is 2.54 bits per heavy atom.